The van der Waals surface area contributed by atoms with Crippen LogP contribution in [0.1, 0.15) is 31.9 Å². The number of aryl methyl sites for hydroxylation is 1. The van der Waals surface area contributed by atoms with E-state index in [0.29, 0.717) is 12.4 Å². The Labute approximate surface area is 167 Å². The molecule has 0 aromatic heterocycles. The minimum absolute atomic E-state index is 0.0944. The maximum absolute atomic E-state index is 12.9. The number of nitrogens with one attached hydrogen (secondary N) is 2. The highest BCUT2D eigenvalue weighted by atomic mass is 32.2. The third kappa shape index (κ3) is 6.07. The minimum atomic E-state index is -3.88. The predicted octanol–water partition coefficient (Wildman–Crippen LogP) is 2.81. The summed E-state index contributed by atoms with van der Waals surface area (Å²) in [6, 6.07) is 13.0. The lowest BCUT2D eigenvalue weighted by Gasteiger charge is -2.20. The molecule has 7 heteroatoms. The molecule has 2 N–H and O–H groups in total. The second kappa shape index (κ2) is 9.71. The third-order valence-corrected chi connectivity index (χ3v) is 5.55. The Morgan fingerprint density at radius 1 is 1.11 bits per heavy atom. The van der Waals surface area contributed by atoms with E-state index in [1.54, 1.807) is 19.1 Å². The molecule has 0 fully saturated rings. The van der Waals surface area contributed by atoms with Crippen LogP contribution >= 0.6 is 0 Å². The molecular formula is C21H28N2O4S. The summed E-state index contributed by atoms with van der Waals surface area (Å²) < 4.78 is 33.9. The van der Waals surface area contributed by atoms with Gasteiger partial charge in [0.2, 0.25) is 15.9 Å². The Morgan fingerprint density at radius 2 is 1.79 bits per heavy atom. The van der Waals surface area contributed by atoms with Crippen molar-refractivity contribution in [3.63, 3.8) is 0 Å². The van der Waals surface area contributed by atoms with Gasteiger partial charge >= 0.3 is 0 Å². The number of amides is 1. The Bertz CT molecular complexity index is 896. The predicted molar refractivity (Wildman–Crippen MR) is 110 cm³/mol. The van der Waals surface area contributed by atoms with E-state index in [1.165, 1.54) is 6.07 Å². The van der Waals surface area contributed by atoms with Crippen LogP contribution in [0.3, 0.4) is 0 Å². The topological polar surface area (TPSA) is 84.5 Å². The van der Waals surface area contributed by atoms with Crippen molar-refractivity contribution in [3.8, 4) is 5.75 Å². The van der Waals surface area contributed by atoms with Gasteiger partial charge in [0.05, 0.1) is 11.5 Å². The largest absolute Gasteiger partial charge is 0.494 e. The molecule has 1 amide bonds. The van der Waals surface area contributed by atoms with Crippen molar-refractivity contribution in [1.82, 2.24) is 10.0 Å². The highest BCUT2D eigenvalue weighted by Crippen LogP contribution is 2.22. The molecule has 0 heterocycles. The fraction of sp³-hybridized carbons (Fsp3) is 0.381. The molecule has 1 atom stereocenters. The second-order valence-electron chi connectivity index (χ2n) is 6.89. The van der Waals surface area contributed by atoms with E-state index in [2.05, 4.69) is 10.0 Å². The number of hydrogen-bond acceptors (Lipinski definition) is 4. The number of carbonyl (C=O) groups is 1. The summed E-state index contributed by atoms with van der Waals surface area (Å²) in [6.45, 7) is 7.83. The molecule has 6 nitrogen and oxygen atoms in total. The summed E-state index contributed by atoms with van der Waals surface area (Å²) in [6.07, 6.45) is 0.259. The van der Waals surface area contributed by atoms with Gasteiger partial charge in [0.15, 0.2) is 0 Å². The van der Waals surface area contributed by atoms with Crippen LogP contribution in [0.25, 0.3) is 0 Å². The van der Waals surface area contributed by atoms with Crippen molar-refractivity contribution in [2.24, 2.45) is 0 Å². The molecule has 0 aliphatic heterocycles. The van der Waals surface area contributed by atoms with Crippen LogP contribution in [-0.4, -0.2) is 33.0 Å². The van der Waals surface area contributed by atoms with Crippen LogP contribution in [-0.2, 0) is 21.2 Å². The number of sulfonamides is 1. The van der Waals surface area contributed by atoms with Crippen molar-refractivity contribution in [2.75, 3.05) is 6.61 Å². The van der Waals surface area contributed by atoms with Gasteiger partial charge in [-0.2, -0.15) is 4.72 Å². The first kappa shape index (κ1) is 21.9. The molecule has 152 valence electrons. The molecule has 2 aromatic carbocycles. The van der Waals surface area contributed by atoms with E-state index in [-0.39, 0.29) is 23.3 Å². The maximum atomic E-state index is 12.9. The van der Waals surface area contributed by atoms with Gasteiger partial charge in [0.25, 0.3) is 0 Å². The highest BCUT2D eigenvalue weighted by molar-refractivity contribution is 7.89. The van der Waals surface area contributed by atoms with E-state index < -0.39 is 16.1 Å². The quantitative estimate of drug-likeness (QED) is 0.673. The molecule has 2 rings (SSSR count). The SMILES string of the molecule is CCOc1ccc(S(=O)(=O)NC(Cc2ccccc2)C(=O)NC(C)C)cc1C. The Balaban J connectivity index is 2.28. The van der Waals surface area contributed by atoms with Crippen LogP contribution in [0.4, 0.5) is 0 Å². The summed E-state index contributed by atoms with van der Waals surface area (Å²) in [5.74, 6) is 0.282. The normalized spacial score (nSPS) is 12.6. The molecule has 0 spiro atoms. The van der Waals surface area contributed by atoms with Crippen molar-refractivity contribution in [3.05, 3.63) is 59.7 Å². The van der Waals surface area contributed by atoms with Gasteiger partial charge in [0.1, 0.15) is 11.8 Å². The number of rotatable bonds is 9. The molecule has 0 aliphatic carbocycles. The first-order valence-corrected chi connectivity index (χ1v) is 10.8. The molecule has 0 aliphatic rings. The molecule has 0 radical (unpaired) electrons. The molecule has 28 heavy (non-hydrogen) atoms. The number of benzene rings is 2. The van der Waals surface area contributed by atoms with Gasteiger partial charge in [-0.1, -0.05) is 30.3 Å². The van der Waals surface area contributed by atoms with Crippen LogP contribution in [0, 0.1) is 6.92 Å². The molecule has 0 saturated heterocycles. The maximum Gasteiger partial charge on any atom is 0.241 e. The molecule has 2 aromatic rings. The van der Waals surface area contributed by atoms with Gasteiger partial charge < -0.3 is 10.1 Å². The molecule has 1 unspecified atom stereocenters. The van der Waals surface area contributed by atoms with E-state index in [1.807, 2.05) is 51.1 Å². The zero-order valence-electron chi connectivity index (χ0n) is 16.7. The Hall–Kier alpha value is -2.38. The Morgan fingerprint density at radius 3 is 2.36 bits per heavy atom. The summed E-state index contributed by atoms with van der Waals surface area (Å²) in [4.78, 5) is 12.7. The lowest BCUT2D eigenvalue weighted by molar-refractivity contribution is -0.123. The average molecular weight is 405 g/mol. The van der Waals surface area contributed by atoms with Crippen LogP contribution in [0.2, 0.25) is 0 Å². The number of carbonyl (C=O) groups excluding carboxylic acids is 1. The molecular weight excluding hydrogens is 376 g/mol. The zero-order chi connectivity index (χ0) is 20.7. The number of ether oxygens (including phenoxy) is 1. The van der Waals surface area contributed by atoms with Gasteiger partial charge in [-0.25, -0.2) is 8.42 Å². The number of hydrogen-bond donors (Lipinski definition) is 2. The van der Waals surface area contributed by atoms with E-state index in [0.717, 1.165) is 11.1 Å². The van der Waals surface area contributed by atoms with Crippen LogP contribution in [0.15, 0.2) is 53.4 Å². The van der Waals surface area contributed by atoms with Crippen molar-refractivity contribution < 1.29 is 17.9 Å². The average Bonchev–Trinajstić information content (AvgIpc) is 2.63. The van der Waals surface area contributed by atoms with Crippen molar-refractivity contribution >= 4 is 15.9 Å². The standard InChI is InChI=1S/C21H28N2O4S/c1-5-27-20-12-11-18(13-16(20)4)28(25,26)23-19(21(24)22-15(2)3)14-17-9-7-6-8-10-17/h6-13,15,19,23H,5,14H2,1-4H3,(H,22,24). The summed E-state index contributed by atoms with van der Waals surface area (Å²) in [5.41, 5.74) is 1.59. The van der Waals surface area contributed by atoms with Gasteiger partial charge in [-0.15, -0.1) is 0 Å². The van der Waals surface area contributed by atoms with Gasteiger partial charge in [-0.3, -0.25) is 4.79 Å². The van der Waals surface area contributed by atoms with Crippen molar-refractivity contribution in [2.45, 2.75) is 51.1 Å². The zero-order valence-corrected chi connectivity index (χ0v) is 17.5. The second-order valence-corrected chi connectivity index (χ2v) is 8.60. The first-order valence-electron chi connectivity index (χ1n) is 9.33. The molecule has 0 saturated carbocycles. The summed E-state index contributed by atoms with van der Waals surface area (Å²) >= 11 is 0. The minimum Gasteiger partial charge on any atom is -0.494 e. The highest BCUT2D eigenvalue weighted by Gasteiger charge is 2.26. The summed E-state index contributed by atoms with van der Waals surface area (Å²) in [5, 5.41) is 2.79. The molecule has 0 bridgehead atoms. The lowest BCUT2D eigenvalue weighted by Crippen LogP contribution is -2.49. The fourth-order valence-electron chi connectivity index (χ4n) is 2.78. The van der Waals surface area contributed by atoms with Crippen molar-refractivity contribution in [1.29, 1.82) is 0 Å². The Kier molecular flexibility index (Phi) is 7.60. The monoisotopic (exact) mass is 404 g/mol. The fourth-order valence-corrected chi connectivity index (χ4v) is 4.06. The van der Waals surface area contributed by atoms with E-state index >= 15 is 0 Å². The third-order valence-electron chi connectivity index (χ3n) is 4.08. The first-order chi connectivity index (χ1) is 13.2. The van der Waals surface area contributed by atoms with Crippen LogP contribution < -0.4 is 14.8 Å². The smallest absolute Gasteiger partial charge is 0.241 e. The van der Waals surface area contributed by atoms with E-state index in [9.17, 15) is 13.2 Å². The van der Waals surface area contributed by atoms with E-state index in [4.69, 9.17) is 4.74 Å². The van der Waals surface area contributed by atoms with Gasteiger partial charge in [-0.05, 0) is 63.4 Å². The van der Waals surface area contributed by atoms with Gasteiger partial charge in [0, 0.05) is 6.04 Å². The lowest BCUT2D eigenvalue weighted by atomic mass is 10.1. The summed E-state index contributed by atoms with van der Waals surface area (Å²) in [7, 11) is -3.88. The van der Waals surface area contributed by atoms with Crippen LogP contribution in [0.5, 0.6) is 5.75 Å².